The number of fused-ring (bicyclic) bond motifs is 1. The number of hydrogen-bond donors (Lipinski definition) is 1. The summed E-state index contributed by atoms with van der Waals surface area (Å²) in [5.41, 5.74) is 1.82. The van der Waals surface area contributed by atoms with Crippen LogP contribution in [0.3, 0.4) is 0 Å². The van der Waals surface area contributed by atoms with Crippen LogP contribution in [-0.4, -0.2) is 49.5 Å². The number of hydrogen-bond acceptors (Lipinski definition) is 6. The lowest BCUT2D eigenvalue weighted by Crippen LogP contribution is -2.46. The van der Waals surface area contributed by atoms with Gasteiger partial charge < -0.3 is 19.5 Å². The van der Waals surface area contributed by atoms with Gasteiger partial charge in [0.05, 0.1) is 14.2 Å². The summed E-state index contributed by atoms with van der Waals surface area (Å²) in [4.78, 5) is 39.5. The highest BCUT2D eigenvalue weighted by Crippen LogP contribution is 2.45. The molecule has 0 saturated carbocycles. The highest BCUT2D eigenvalue weighted by Gasteiger charge is 2.47. The first kappa shape index (κ1) is 20.7. The fourth-order valence-corrected chi connectivity index (χ4v) is 4.14. The molecule has 8 heteroatoms. The first-order valence-electron chi connectivity index (χ1n) is 10.1. The summed E-state index contributed by atoms with van der Waals surface area (Å²) in [7, 11) is 2.91. The van der Waals surface area contributed by atoms with Gasteiger partial charge in [0.1, 0.15) is 11.6 Å². The van der Waals surface area contributed by atoms with Crippen molar-refractivity contribution in [3.05, 3.63) is 59.2 Å². The Morgan fingerprint density at radius 1 is 1.13 bits per heavy atom. The van der Waals surface area contributed by atoms with Gasteiger partial charge in [-0.2, -0.15) is 0 Å². The van der Waals surface area contributed by atoms with E-state index in [2.05, 4.69) is 5.32 Å². The summed E-state index contributed by atoms with van der Waals surface area (Å²) in [5.74, 6) is -0.459. The largest absolute Gasteiger partial charge is 0.493 e. The summed E-state index contributed by atoms with van der Waals surface area (Å²) in [6, 6.07) is 12.4. The van der Waals surface area contributed by atoms with Gasteiger partial charge in [-0.3, -0.25) is 14.5 Å². The van der Waals surface area contributed by atoms with Gasteiger partial charge in [-0.15, -0.1) is 0 Å². The van der Waals surface area contributed by atoms with Crippen LogP contribution in [-0.2, 0) is 20.7 Å². The molecular formula is C23H24N2O6. The molecule has 0 bridgehead atoms. The minimum atomic E-state index is -0.970. The normalized spacial score (nSPS) is 19.7. The van der Waals surface area contributed by atoms with Crippen molar-refractivity contribution in [1.29, 1.82) is 0 Å². The van der Waals surface area contributed by atoms with Gasteiger partial charge in [-0.25, -0.2) is 4.79 Å². The van der Waals surface area contributed by atoms with Crippen LogP contribution in [0.2, 0.25) is 0 Å². The molecular weight excluding hydrogens is 400 g/mol. The van der Waals surface area contributed by atoms with Gasteiger partial charge in [0.2, 0.25) is 18.0 Å². The van der Waals surface area contributed by atoms with E-state index < -0.39 is 18.2 Å². The minimum Gasteiger partial charge on any atom is -0.493 e. The predicted molar refractivity (Wildman–Crippen MR) is 111 cm³/mol. The molecule has 1 fully saturated rings. The zero-order valence-electron chi connectivity index (χ0n) is 17.4. The van der Waals surface area contributed by atoms with E-state index in [1.165, 1.54) is 19.1 Å². The number of cyclic esters (lactones) is 1. The third-order valence-corrected chi connectivity index (χ3v) is 5.63. The Bertz CT molecular complexity index is 1010. The molecule has 2 aromatic carbocycles. The number of carbonyl (C=O) groups excluding carboxylic acids is 3. The number of nitrogens with one attached hydrogen (secondary N) is 1. The van der Waals surface area contributed by atoms with Crippen molar-refractivity contribution in [1.82, 2.24) is 10.2 Å². The van der Waals surface area contributed by atoms with Crippen LogP contribution in [0, 0.1) is 0 Å². The fraction of sp³-hybridized carbons (Fsp3) is 0.348. The molecule has 8 nitrogen and oxygen atoms in total. The van der Waals surface area contributed by atoms with Crippen molar-refractivity contribution in [2.75, 3.05) is 20.8 Å². The number of likely N-dealkylation sites (tertiary alicyclic amines) is 1. The molecule has 162 valence electrons. The Hall–Kier alpha value is -3.55. The van der Waals surface area contributed by atoms with Gasteiger partial charge in [0.25, 0.3) is 0 Å². The number of carbonyl (C=O) groups is 3. The molecule has 4 rings (SSSR count). The highest BCUT2D eigenvalue weighted by molar-refractivity contribution is 5.99. The quantitative estimate of drug-likeness (QED) is 0.685. The molecule has 31 heavy (non-hydrogen) atoms. The van der Waals surface area contributed by atoms with E-state index in [0.717, 1.165) is 5.56 Å². The molecule has 2 aromatic rings. The molecule has 1 N–H and O–H groups in total. The standard InChI is InChI=1S/C23H24N2O6/c1-29-17-10-8-15-19(20(17)30-2)23(28)31-22(15)25-16(9-11-18(25)26)21(27)24-13-12-14-6-4-3-5-7-14/h3-8,10,16,22H,9,11-13H2,1-2H3,(H,24,27)/t16-,22-/m0/s1. The maximum Gasteiger partial charge on any atom is 0.344 e. The van der Waals surface area contributed by atoms with E-state index in [-0.39, 0.29) is 29.5 Å². The van der Waals surface area contributed by atoms with E-state index in [0.29, 0.717) is 30.7 Å². The van der Waals surface area contributed by atoms with E-state index >= 15 is 0 Å². The monoisotopic (exact) mass is 424 g/mol. The number of ether oxygens (including phenoxy) is 3. The number of methoxy groups -OCH3 is 2. The molecule has 2 aliphatic rings. The molecule has 2 atom stereocenters. The van der Waals surface area contributed by atoms with Crippen LogP contribution in [0.15, 0.2) is 42.5 Å². The number of esters is 1. The van der Waals surface area contributed by atoms with Crippen LogP contribution in [0.25, 0.3) is 0 Å². The Kier molecular flexibility index (Phi) is 5.79. The van der Waals surface area contributed by atoms with Crippen LogP contribution in [0.1, 0.15) is 40.6 Å². The van der Waals surface area contributed by atoms with Crippen molar-refractivity contribution in [3.63, 3.8) is 0 Å². The third-order valence-electron chi connectivity index (χ3n) is 5.63. The second-order valence-corrected chi connectivity index (χ2v) is 7.41. The van der Waals surface area contributed by atoms with Crippen molar-refractivity contribution in [2.45, 2.75) is 31.5 Å². The third kappa shape index (κ3) is 3.81. The Morgan fingerprint density at radius 2 is 1.90 bits per heavy atom. The van der Waals surface area contributed by atoms with Crippen molar-refractivity contribution < 1.29 is 28.6 Å². The molecule has 0 unspecified atom stereocenters. The molecule has 1 saturated heterocycles. The summed E-state index contributed by atoms with van der Waals surface area (Å²) in [6.45, 7) is 0.452. The van der Waals surface area contributed by atoms with Crippen LogP contribution < -0.4 is 14.8 Å². The number of benzene rings is 2. The molecule has 2 heterocycles. The maximum atomic E-state index is 12.9. The molecule has 0 radical (unpaired) electrons. The van der Waals surface area contributed by atoms with E-state index in [4.69, 9.17) is 14.2 Å². The first-order valence-corrected chi connectivity index (χ1v) is 10.1. The van der Waals surface area contributed by atoms with Crippen LogP contribution in [0.4, 0.5) is 0 Å². The second kappa shape index (κ2) is 8.67. The first-order chi connectivity index (χ1) is 15.0. The minimum absolute atomic E-state index is 0.216. The van der Waals surface area contributed by atoms with Crippen LogP contribution >= 0.6 is 0 Å². The molecule has 0 aromatic heterocycles. The van der Waals surface area contributed by atoms with Crippen molar-refractivity contribution in [3.8, 4) is 11.5 Å². The molecule has 2 aliphatic heterocycles. The Labute approximate surface area is 180 Å². The van der Waals surface area contributed by atoms with Gasteiger partial charge >= 0.3 is 5.97 Å². The summed E-state index contributed by atoms with van der Waals surface area (Å²) in [5, 5.41) is 2.91. The molecule has 0 spiro atoms. The summed E-state index contributed by atoms with van der Waals surface area (Å²) in [6.07, 6.45) is 0.299. The van der Waals surface area contributed by atoms with E-state index in [1.54, 1.807) is 12.1 Å². The lowest BCUT2D eigenvalue weighted by atomic mass is 10.1. The fourth-order valence-electron chi connectivity index (χ4n) is 4.14. The summed E-state index contributed by atoms with van der Waals surface area (Å²) < 4.78 is 16.1. The van der Waals surface area contributed by atoms with Gasteiger partial charge in [-0.05, 0) is 30.5 Å². The van der Waals surface area contributed by atoms with Gasteiger partial charge in [-0.1, -0.05) is 30.3 Å². The lowest BCUT2D eigenvalue weighted by molar-refractivity contribution is -0.145. The van der Waals surface area contributed by atoms with Gasteiger partial charge in [0, 0.05) is 18.5 Å². The zero-order valence-corrected chi connectivity index (χ0v) is 17.4. The average molecular weight is 424 g/mol. The highest BCUT2D eigenvalue weighted by atomic mass is 16.6. The number of rotatable bonds is 7. The second-order valence-electron chi connectivity index (χ2n) is 7.41. The van der Waals surface area contributed by atoms with Crippen molar-refractivity contribution >= 4 is 17.8 Å². The van der Waals surface area contributed by atoms with E-state index in [9.17, 15) is 14.4 Å². The average Bonchev–Trinajstić information content (AvgIpc) is 3.33. The van der Waals surface area contributed by atoms with E-state index in [1.807, 2.05) is 30.3 Å². The van der Waals surface area contributed by atoms with Crippen LogP contribution in [0.5, 0.6) is 11.5 Å². The summed E-state index contributed by atoms with van der Waals surface area (Å²) >= 11 is 0. The Morgan fingerprint density at radius 3 is 2.61 bits per heavy atom. The SMILES string of the molecule is COc1ccc2c(c1OC)C(=O)O[C@@H]2N1C(=O)CC[C@H]1C(=O)NCCc1ccccc1. The lowest BCUT2D eigenvalue weighted by Gasteiger charge is -2.29. The smallest absolute Gasteiger partial charge is 0.344 e. The Balaban J connectivity index is 1.53. The predicted octanol–water partition coefficient (Wildman–Crippen LogP) is 2.22. The number of amides is 2. The van der Waals surface area contributed by atoms with Gasteiger partial charge in [0.15, 0.2) is 11.5 Å². The maximum absolute atomic E-state index is 12.9. The zero-order chi connectivity index (χ0) is 22.0. The van der Waals surface area contributed by atoms with Crippen molar-refractivity contribution in [2.24, 2.45) is 0 Å². The molecule has 0 aliphatic carbocycles. The molecule has 2 amide bonds. The topological polar surface area (TPSA) is 94.2 Å². The number of nitrogens with zero attached hydrogens (tertiary/aromatic N) is 1.